The number of thioether (sulfide) groups is 1. The molecule has 0 radical (unpaired) electrons. The maximum absolute atomic E-state index is 5.40. The van der Waals surface area contributed by atoms with E-state index in [0.717, 1.165) is 15.9 Å². The topological polar surface area (TPSA) is 69.6 Å². The van der Waals surface area contributed by atoms with Crippen LogP contribution in [0.5, 0.6) is 0 Å². The lowest BCUT2D eigenvalue weighted by Gasteiger charge is -2.06. The Bertz CT molecular complexity index is 745. The Kier molecular flexibility index (Phi) is 3.27. The molecule has 0 saturated heterocycles. The van der Waals surface area contributed by atoms with Gasteiger partial charge in [-0.25, -0.2) is 0 Å². The van der Waals surface area contributed by atoms with Gasteiger partial charge in [-0.2, -0.15) is 0 Å². The summed E-state index contributed by atoms with van der Waals surface area (Å²) < 4.78 is 7.65. The minimum atomic E-state index is 0.532. The van der Waals surface area contributed by atoms with Crippen molar-refractivity contribution in [2.75, 3.05) is 0 Å². The highest BCUT2D eigenvalue weighted by Gasteiger charge is 2.30. The first-order valence-corrected chi connectivity index (χ1v) is 8.58. The molecule has 0 aromatic carbocycles. The van der Waals surface area contributed by atoms with Crippen molar-refractivity contribution in [1.82, 2.24) is 25.0 Å². The Morgan fingerprint density at radius 2 is 2.24 bits per heavy atom. The largest absolute Gasteiger partial charge is 0.425 e. The van der Waals surface area contributed by atoms with Crippen molar-refractivity contribution >= 4 is 23.1 Å². The van der Waals surface area contributed by atoms with Crippen LogP contribution in [0.15, 0.2) is 27.1 Å². The van der Waals surface area contributed by atoms with E-state index in [1.807, 2.05) is 6.07 Å². The van der Waals surface area contributed by atoms with Crippen LogP contribution in [0.3, 0.4) is 0 Å². The standard InChI is InChI=1S/C13H13N5OS2/c1-8-14-15-11(19-8)7-21-13-17-16-12(10-3-2-6-20-10)18(13)9-4-5-9/h2-3,6,9H,4-5,7H2,1H3. The molecule has 6 nitrogen and oxygen atoms in total. The predicted molar refractivity (Wildman–Crippen MR) is 80.2 cm³/mol. The van der Waals surface area contributed by atoms with Gasteiger partial charge in [-0.1, -0.05) is 17.8 Å². The molecule has 1 saturated carbocycles. The summed E-state index contributed by atoms with van der Waals surface area (Å²) in [5.74, 6) is 2.81. The van der Waals surface area contributed by atoms with Crippen LogP contribution in [0.25, 0.3) is 10.7 Å². The number of nitrogens with zero attached hydrogens (tertiary/aromatic N) is 5. The van der Waals surface area contributed by atoms with Crippen LogP contribution in [0.4, 0.5) is 0 Å². The SMILES string of the molecule is Cc1nnc(CSc2nnc(-c3cccs3)n2C2CC2)o1. The molecule has 0 atom stereocenters. The van der Waals surface area contributed by atoms with Crippen LogP contribution < -0.4 is 0 Å². The van der Waals surface area contributed by atoms with E-state index in [-0.39, 0.29) is 0 Å². The van der Waals surface area contributed by atoms with Crippen LogP contribution in [-0.2, 0) is 5.75 Å². The van der Waals surface area contributed by atoms with Crippen LogP contribution in [0.1, 0.15) is 30.7 Å². The third kappa shape index (κ3) is 2.60. The Labute approximate surface area is 129 Å². The molecule has 0 unspecified atom stereocenters. The minimum Gasteiger partial charge on any atom is -0.425 e. The van der Waals surface area contributed by atoms with Crippen LogP contribution >= 0.6 is 23.1 Å². The first-order chi connectivity index (χ1) is 10.3. The number of aromatic nitrogens is 5. The first kappa shape index (κ1) is 13.0. The fraction of sp³-hybridized carbons (Fsp3) is 0.385. The summed E-state index contributed by atoms with van der Waals surface area (Å²) in [5, 5.41) is 19.6. The summed E-state index contributed by atoms with van der Waals surface area (Å²) >= 11 is 3.29. The van der Waals surface area contributed by atoms with Crippen molar-refractivity contribution in [1.29, 1.82) is 0 Å². The molecular weight excluding hydrogens is 306 g/mol. The summed E-state index contributed by atoms with van der Waals surface area (Å²) in [6.07, 6.45) is 2.40. The van der Waals surface area contributed by atoms with Crippen molar-refractivity contribution < 1.29 is 4.42 Å². The molecule has 0 bridgehead atoms. The average Bonchev–Trinajstić information content (AvgIpc) is 2.93. The normalized spacial score (nSPS) is 14.7. The number of aryl methyl sites for hydroxylation is 1. The highest BCUT2D eigenvalue weighted by Crippen LogP contribution is 2.42. The molecular formula is C13H13N5OS2. The number of rotatable bonds is 5. The van der Waals surface area contributed by atoms with Gasteiger partial charge >= 0.3 is 0 Å². The van der Waals surface area contributed by atoms with Gasteiger partial charge in [-0.05, 0) is 24.3 Å². The molecule has 3 heterocycles. The van der Waals surface area contributed by atoms with Gasteiger partial charge in [0.15, 0.2) is 11.0 Å². The van der Waals surface area contributed by atoms with Crippen LogP contribution in [-0.4, -0.2) is 25.0 Å². The van der Waals surface area contributed by atoms with E-state index in [1.54, 1.807) is 30.0 Å². The third-order valence-electron chi connectivity index (χ3n) is 3.21. The molecule has 3 aromatic rings. The van der Waals surface area contributed by atoms with Gasteiger partial charge in [0.25, 0.3) is 0 Å². The molecule has 21 heavy (non-hydrogen) atoms. The van der Waals surface area contributed by atoms with E-state index in [2.05, 4.69) is 36.4 Å². The second-order valence-corrected chi connectivity index (χ2v) is 6.78. The Morgan fingerprint density at radius 3 is 2.90 bits per heavy atom. The number of thiophene rings is 1. The monoisotopic (exact) mass is 319 g/mol. The van der Waals surface area contributed by atoms with Crippen molar-refractivity contribution in [2.45, 2.75) is 36.7 Å². The lowest BCUT2D eigenvalue weighted by molar-refractivity contribution is 0.485. The van der Waals surface area contributed by atoms with Gasteiger partial charge in [0.1, 0.15) is 0 Å². The second kappa shape index (κ2) is 5.27. The summed E-state index contributed by atoms with van der Waals surface area (Å²) in [7, 11) is 0. The Hall–Kier alpha value is -1.67. The van der Waals surface area contributed by atoms with E-state index in [1.165, 1.54) is 12.8 Å². The molecule has 108 valence electrons. The molecule has 4 rings (SSSR count). The highest BCUT2D eigenvalue weighted by atomic mass is 32.2. The lowest BCUT2D eigenvalue weighted by atomic mass is 10.4. The maximum atomic E-state index is 5.40. The van der Waals surface area contributed by atoms with Gasteiger partial charge in [0, 0.05) is 13.0 Å². The quantitative estimate of drug-likeness (QED) is 0.672. The van der Waals surface area contributed by atoms with E-state index >= 15 is 0 Å². The zero-order valence-corrected chi connectivity index (χ0v) is 13.0. The van der Waals surface area contributed by atoms with Crippen molar-refractivity contribution in [2.24, 2.45) is 0 Å². The van der Waals surface area contributed by atoms with E-state index in [4.69, 9.17) is 4.42 Å². The van der Waals surface area contributed by atoms with Crippen molar-refractivity contribution in [3.8, 4) is 10.7 Å². The van der Waals surface area contributed by atoms with E-state index in [9.17, 15) is 0 Å². The molecule has 8 heteroatoms. The van der Waals surface area contributed by atoms with Gasteiger partial charge in [-0.3, -0.25) is 4.57 Å². The van der Waals surface area contributed by atoms with E-state index in [0.29, 0.717) is 23.6 Å². The smallest absolute Gasteiger partial charge is 0.226 e. The van der Waals surface area contributed by atoms with E-state index < -0.39 is 0 Å². The zero-order chi connectivity index (χ0) is 14.2. The lowest BCUT2D eigenvalue weighted by Crippen LogP contribution is -1.99. The summed E-state index contributed by atoms with van der Waals surface area (Å²) in [6, 6.07) is 4.66. The van der Waals surface area contributed by atoms with Gasteiger partial charge in [0.05, 0.1) is 10.6 Å². The average molecular weight is 319 g/mol. The third-order valence-corrected chi connectivity index (χ3v) is 5.00. The molecule has 1 aliphatic rings. The minimum absolute atomic E-state index is 0.532. The number of hydrogen-bond donors (Lipinski definition) is 0. The predicted octanol–water partition coefficient (Wildman–Crippen LogP) is 3.33. The molecule has 0 amide bonds. The Balaban J connectivity index is 1.60. The molecule has 0 aliphatic heterocycles. The fourth-order valence-electron chi connectivity index (χ4n) is 2.13. The first-order valence-electron chi connectivity index (χ1n) is 6.72. The zero-order valence-electron chi connectivity index (χ0n) is 11.4. The molecule has 0 spiro atoms. The fourth-order valence-corrected chi connectivity index (χ4v) is 3.68. The maximum Gasteiger partial charge on any atom is 0.226 e. The molecule has 1 aliphatic carbocycles. The van der Waals surface area contributed by atoms with Gasteiger partial charge in [-0.15, -0.1) is 31.7 Å². The van der Waals surface area contributed by atoms with Gasteiger partial charge in [0.2, 0.25) is 11.8 Å². The summed E-state index contributed by atoms with van der Waals surface area (Å²) in [6.45, 7) is 1.79. The molecule has 1 fully saturated rings. The van der Waals surface area contributed by atoms with Crippen molar-refractivity contribution in [3.63, 3.8) is 0 Å². The van der Waals surface area contributed by atoms with Crippen molar-refractivity contribution in [3.05, 3.63) is 29.3 Å². The number of hydrogen-bond acceptors (Lipinski definition) is 7. The highest BCUT2D eigenvalue weighted by molar-refractivity contribution is 7.98. The summed E-state index contributed by atoms with van der Waals surface area (Å²) in [4.78, 5) is 1.16. The van der Waals surface area contributed by atoms with Crippen LogP contribution in [0, 0.1) is 6.92 Å². The second-order valence-electron chi connectivity index (χ2n) is 4.89. The Morgan fingerprint density at radius 1 is 1.33 bits per heavy atom. The summed E-state index contributed by atoms with van der Waals surface area (Å²) in [5.41, 5.74) is 0. The van der Waals surface area contributed by atoms with Gasteiger partial charge < -0.3 is 4.42 Å². The molecule has 0 N–H and O–H groups in total. The van der Waals surface area contributed by atoms with Crippen LogP contribution in [0.2, 0.25) is 0 Å². The molecule has 3 aromatic heterocycles.